The van der Waals surface area contributed by atoms with E-state index in [2.05, 4.69) is 44.8 Å². The van der Waals surface area contributed by atoms with Gasteiger partial charge in [-0.3, -0.25) is 0 Å². The van der Waals surface area contributed by atoms with Gasteiger partial charge in [-0.25, -0.2) is 0 Å². The molecule has 0 aliphatic carbocycles. The summed E-state index contributed by atoms with van der Waals surface area (Å²) in [6.45, 7) is 16.3. The maximum atomic E-state index is 3.57. The zero-order valence-electron chi connectivity index (χ0n) is 13.5. The average molecular weight is 256 g/mol. The van der Waals surface area contributed by atoms with Crippen LogP contribution in [0.1, 0.15) is 66.7 Å². The molecule has 0 amide bonds. The maximum Gasteiger partial charge on any atom is 0.00647 e. The first-order valence-corrected chi connectivity index (χ1v) is 8.17. The number of nitrogens with zero attached hydrogens (tertiary/aromatic N) is 1. The molecular weight excluding hydrogens is 220 g/mol. The van der Waals surface area contributed by atoms with Crippen molar-refractivity contribution in [2.45, 2.75) is 72.8 Å². The molecule has 2 nitrogen and oxygen atoms in total. The van der Waals surface area contributed by atoms with Gasteiger partial charge in [-0.2, -0.15) is 0 Å². The molecular formula is C16H36N2. The molecule has 0 aromatic heterocycles. The van der Waals surface area contributed by atoms with Crippen LogP contribution in [0.2, 0.25) is 0 Å². The molecule has 1 unspecified atom stereocenters. The van der Waals surface area contributed by atoms with Crippen LogP contribution in [0, 0.1) is 5.92 Å². The lowest BCUT2D eigenvalue weighted by Crippen LogP contribution is -2.32. The summed E-state index contributed by atoms with van der Waals surface area (Å²) in [5.41, 5.74) is 0. The second kappa shape index (κ2) is 12.0. The second-order valence-corrected chi connectivity index (χ2v) is 5.38. The molecule has 1 N–H and O–H groups in total. The van der Waals surface area contributed by atoms with Gasteiger partial charge < -0.3 is 10.2 Å². The van der Waals surface area contributed by atoms with Crippen molar-refractivity contribution in [3.63, 3.8) is 0 Å². The van der Waals surface area contributed by atoms with Gasteiger partial charge in [0.1, 0.15) is 0 Å². The maximum absolute atomic E-state index is 3.57. The highest BCUT2D eigenvalue weighted by Gasteiger charge is 2.10. The van der Waals surface area contributed by atoms with Crippen molar-refractivity contribution >= 4 is 0 Å². The van der Waals surface area contributed by atoms with Crippen LogP contribution >= 0.6 is 0 Å². The van der Waals surface area contributed by atoms with E-state index in [0.29, 0.717) is 0 Å². The van der Waals surface area contributed by atoms with E-state index >= 15 is 0 Å². The minimum atomic E-state index is 0.724. The van der Waals surface area contributed by atoms with Crippen molar-refractivity contribution in [2.75, 3.05) is 26.2 Å². The molecule has 0 aromatic rings. The van der Waals surface area contributed by atoms with E-state index in [1.807, 2.05) is 0 Å². The molecule has 0 heterocycles. The fraction of sp³-hybridized carbons (Fsp3) is 1.00. The standard InChI is InChI=1S/C16H36N2/c1-6-15(7-2)14-18(10-5)13-11-12-16(8-3)17-9-4/h15-17H,6-14H2,1-5H3. The van der Waals surface area contributed by atoms with Crippen LogP contribution in [0.5, 0.6) is 0 Å². The minimum Gasteiger partial charge on any atom is -0.314 e. The summed E-state index contributed by atoms with van der Waals surface area (Å²) in [4.78, 5) is 2.64. The fourth-order valence-corrected chi connectivity index (χ4v) is 2.59. The predicted octanol–water partition coefficient (Wildman–Crippen LogP) is 3.91. The molecule has 0 rings (SSSR count). The van der Waals surface area contributed by atoms with Gasteiger partial charge in [-0.1, -0.05) is 47.5 Å². The molecule has 0 saturated carbocycles. The topological polar surface area (TPSA) is 15.3 Å². The molecule has 1 atom stereocenters. The minimum absolute atomic E-state index is 0.724. The monoisotopic (exact) mass is 256 g/mol. The summed E-state index contributed by atoms with van der Waals surface area (Å²) >= 11 is 0. The van der Waals surface area contributed by atoms with Crippen LogP contribution in [0.4, 0.5) is 0 Å². The Morgan fingerprint density at radius 1 is 0.944 bits per heavy atom. The molecule has 18 heavy (non-hydrogen) atoms. The Kier molecular flexibility index (Phi) is 11.9. The third-order valence-corrected chi connectivity index (χ3v) is 4.13. The first-order chi connectivity index (χ1) is 8.71. The average Bonchev–Trinajstić information content (AvgIpc) is 2.41. The Morgan fingerprint density at radius 3 is 2.06 bits per heavy atom. The second-order valence-electron chi connectivity index (χ2n) is 5.38. The molecule has 0 aliphatic rings. The lowest BCUT2D eigenvalue weighted by atomic mass is 10.0. The Labute approximate surface area is 116 Å². The third-order valence-electron chi connectivity index (χ3n) is 4.13. The molecule has 0 spiro atoms. The van der Waals surface area contributed by atoms with Gasteiger partial charge >= 0.3 is 0 Å². The highest BCUT2D eigenvalue weighted by Crippen LogP contribution is 2.11. The largest absolute Gasteiger partial charge is 0.314 e. The number of hydrogen-bond donors (Lipinski definition) is 1. The van der Waals surface area contributed by atoms with Crippen LogP contribution in [0.3, 0.4) is 0 Å². The first-order valence-electron chi connectivity index (χ1n) is 8.17. The summed E-state index contributed by atoms with van der Waals surface area (Å²) in [7, 11) is 0. The van der Waals surface area contributed by atoms with Crippen molar-refractivity contribution in [3.05, 3.63) is 0 Å². The van der Waals surface area contributed by atoms with Gasteiger partial charge in [-0.15, -0.1) is 0 Å². The van der Waals surface area contributed by atoms with E-state index in [1.54, 1.807) is 0 Å². The van der Waals surface area contributed by atoms with E-state index in [4.69, 9.17) is 0 Å². The highest BCUT2D eigenvalue weighted by atomic mass is 15.1. The van der Waals surface area contributed by atoms with E-state index in [9.17, 15) is 0 Å². The normalized spacial score (nSPS) is 13.5. The van der Waals surface area contributed by atoms with Crippen LogP contribution in [-0.2, 0) is 0 Å². The Morgan fingerprint density at radius 2 is 1.61 bits per heavy atom. The first kappa shape index (κ1) is 17.9. The Hall–Kier alpha value is -0.0800. The smallest absolute Gasteiger partial charge is 0.00647 e. The summed E-state index contributed by atoms with van der Waals surface area (Å²) in [6.07, 6.45) is 6.56. The van der Waals surface area contributed by atoms with Gasteiger partial charge in [-0.05, 0) is 44.8 Å². The van der Waals surface area contributed by atoms with E-state index in [-0.39, 0.29) is 0 Å². The lowest BCUT2D eigenvalue weighted by molar-refractivity contribution is 0.226. The van der Waals surface area contributed by atoms with Crippen molar-refractivity contribution in [1.82, 2.24) is 10.2 Å². The zero-order chi connectivity index (χ0) is 13.8. The predicted molar refractivity (Wildman–Crippen MR) is 83.2 cm³/mol. The van der Waals surface area contributed by atoms with E-state index in [0.717, 1.165) is 18.5 Å². The molecule has 0 fully saturated rings. The fourth-order valence-electron chi connectivity index (χ4n) is 2.59. The van der Waals surface area contributed by atoms with Crippen molar-refractivity contribution in [1.29, 1.82) is 0 Å². The Balaban J connectivity index is 3.84. The molecule has 0 saturated heterocycles. The van der Waals surface area contributed by atoms with Crippen molar-refractivity contribution < 1.29 is 0 Å². The summed E-state index contributed by atoms with van der Waals surface area (Å²) < 4.78 is 0. The molecule has 110 valence electrons. The SMILES string of the molecule is CCNC(CC)CCCN(CC)CC(CC)CC. The van der Waals surface area contributed by atoms with Crippen molar-refractivity contribution in [3.8, 4) is 0 Å². The third kappa shape index (κ3) is 8.10. The van der Waals surface area contributed by atoms with E-state index in [1.165, 1.54) is 51.7 Å². The van der Waals surface area contributed by atoms with Gasteiger partial charge in [0.2, 0.25) is 0 Å². The molecule has 0 aliphatic heterocycles. The van der Waals surface area contributed by atoms with Crippen LogP contribution in [-0.4, -0.2) is 37.1 Å². The van der Waals surface area contributed by atoms with Gasteiger partial charge in [0.05, 0.1) is 0 Å². The Bertz CT molecular complexity index is 166. The number of rotatable bonds is 12. The van der Waals surface area contributed by atoms with Gasteiger partial charge in [0, 0.05) is 12.6 Å². The van der Waals surface area contributed by atoms with Crippen LogP contribution in [0.15, 0.2) is 0 Å². The number of nitrogens with one attached hydrogen (secondary N) is 1. The molecule has 0 aromatic carbocycles. The molecule has 0 radical (unpaired) electrons. The molecule has 0 bridgehead atoms. The van der Waals surface area contributed by atoms with E-state index < -0.39 is 0 Å². The summed E-state index contributed by atoms with van der Waals surface area (Å²) in [5.74, 6) is 0.890. The lowest BCUT2D eigenvalue weighted by Gasteiger charge is -2.26. The number of hydrogen-bond acceptors (Lipinski definition) is 2. The quantitative estimate of drug-likeness (QED) is 0.569. The zero-order valence-corrected chi connectivity index (χ0v) is 13.5. The summed E-state index contributed by atoms with van der Waals surface area (Å²) in [6, 6.07) is 0.724. The van der Waals surface area contributed by atoms with Crippen molar-refractivity contribution in [2.24, 2.45) is 5.92 Å². The van der Waals surface area contributed by atoms with Crippen LogP contribution < -0.4 is 5.32 Å². The highest BCUT2D eigenvalue weighted by molar-refractivity contribution is 4.67. The van der Waals surface area contributed by atoms with Gasteiger partial charge in [0.15, 0.2) is 0 Å². The molecule has 2 heteroatoms. The van der Waals surface area contributed by atoms with Gasteiger partial charge in [0.25, 0.3) is 0 Å². The summed E-state index contributed by atoms with van der Waals surface area (Å²) in [5, 5.41) is 3.57. The van der Waals surface area contributed by atoms with Crippen LogP contribution in [0.25, 0.3) is 0 Å².